The maximum atomic E-state index is 5.66. The van der Waals surface area contributed by atoms with Gasteiger partial charge in [0.15, 0.2) is 9.76 Å². The molecule has 0 aliphatic rings. The minimum Gasteiger partial charge on any atom is -0.453 e. The molecule has 0 radical (unpaired) electrons. The van der Waals surface area contributed by atoms with Crippen molar-refractivity contribution in [2.75, 3.05) is 0 Å². The van der Waals surface area contributed by atoms with Crippen molar-refractivity contribution in [3.8, 4) is 0 Å². The lowest BCUT2D eigenvalue weighted by atomic mass is 10.8. The van der Waals surface area contributed by atoms with Gasteiger partial charge < -0.3 is 4.12 Å². The first-order valence-corrected chi connectivity index (χ1v) is 10.6. The second-order valence-electron chi connectivity index (χ2n) is 2.29. The van der Waals surface area contributed by atoms with Gasteiger partial charge in [0.2, 0.25) is 5.81 Å². The van der Waals surface area contributed by atoms with E-state index >= 15 is 0 Å². The third-order valence-electron chi connectivity index (χ3n) is 0.767. The number of halogens is 1. The Labute approximate surface area is 73.2 Å². The van der Waals surface area contributed by atoms with Crippen LogP contribution in [0.5, 0.6) is 0 Å². The van der Waals surface area contributed by atoms with Crippen molar-refractivity contribution in [1.82, 2.24) is 0 Å². The third-order valence-corrected chi connectivity index (χ3v) is 7.78. The first-order chi connectivity index (χ1) is 4.06. The third kappa shape index (κ3) is 8.86. The van der Waals surface area contributed by atoms with E-state index in [2.05, 4.69) is 41.5 Å². The van der Waals surface area contributed by atoms with Crippen molar-refractivity contribution < 1.29 is 4.12 Å². The summed E-state index contributed by atoms with van der Waals surface area (Å²) in [5, 5.41) is 0. The van der Waals surface area contributed by atoms with Gasteiger partial charge in [0.05, 0.1) is 0 Å². The molecule has 54 valence electrons. The molecule has 0 unspecified atom stereocenters. The van der Waals surface area contributed by atoms with Gasteiger partial charge >= 0.3 is 0 Å². The van der Waals surface area contributed by atoms with Gasteiger partial charge in [-0.15, -0.1) is 6.58 Å². The summed E-state index contributed by atoms with van der Waals surface area (Å²) < 4.78 is 5.66. The highest BCUT2D eigenvalue weighted by molar-refractivity contribution is 14.1. The molecule has 1 nitrogen and oxygen atoms in total. The molecule has 0 saturated carbocycles. The number of rotatable bonds is 4. The summed E-state index contributed by atoms with van der Waals surface area (Å²) >= 11 is 2.43. The molecule has 0 heterocycles. The lowest BCUT2D eigenvalue weighted by Crippen LogP contribution is -2.23. The van der Waals surface area contributed by atoms with Crippen molar-refractivity contribution in [2.24, 2.45) is 0 Å². The van der Waals surface area contributed by atoms with Gasteiger partial charge in [-0.05, 0) is 19.1 Å². The van der Waals surface area contributed by atoms with E-state index in [1.165, 1.54) is 0 Å². The van der Waals surface area contributed by atoms with E-state index in [4.69, 9.17) is 4.12 Å². The van der Waals surface area contributed by atoms with Crippen LogP contribution in [0.1, 0.15) is 0 Å². The van der Waals surface area contributed by atoms with Gasteiger partial charge in [-0.3, -0.25) is 0 Å². The molecule has 0 amide bonds. The fourth-order valence-electron chi connectivity index (χ4n) is 0.385. The van der Waals surface area contributed by atoms with E-state index in [0.717, 1.165) is 6.04 Å². The molecule has 0 N–H and O–H groups in total. The van der Waals surface area contributed by atoms with Crippen LogP contribution < -0.4 is 0 Å². The average Bonchev–Trinajstić information content (AvgIpc) is 1.63. The second kappa shape index (κ2) is 4.64. The lowest BCUT2D eigenvalue weighted by Gasteiger charge is -2.13. The van der Waals surface area contributed by atoms with Gasteiger partial charge in [0.1, 0.15) is 0 Å². The van der Waals surface area contributed by atoms with E-state index in [-0.39, 0.29) is 9.76 Å². The van der Waals surface area contributed by atoms with Crippen molar-refractivity contribution in [3.63, 3.8) is 0 Å². The van der Waals surface area contributed by atoms with Crippen molar-refractivity contribution in [2.45, 2.75) is 19.1 Å². The van der Waals surface area contributed by atoms with Crippen molar-refractivity contribution in [1.29, 1.82) is 0 Å². The van der Waals surface area contributed by atoms with Crippen LogP contribution >= 0.6 is 21.8 Å². The Morgan fingerprint density at radius 3 is 2.67 bits per heavy atom. The molecule has 0 aliphatic carbocycles. The van der Waals surface area contributed by atoms with E-state index in [1.54, 1.807) is 0 Å². The summed E-state index contributed by atoms with van der Waals surface area (Å²) in [6, 6.07) is 1.11. The Morgan fingerprint density at radius 2 is 2.33 bits per heavy atom. The fourth-order valence-corrected chi connectivity index (χ4v) is 4.95. The lowest BCUT2D eigenvalue weighted by molar-refractivity contribution is 0.621. The molecule has 9 heavy (non-hydrogen) atoms. The van der Waals surface area contributed by atoms with Crippen LogP contribution in [0.25, 0.3) is 0 Å². The molecule has 0 atom stereocenters. The predicted octanol–water partition coefficient (Wildman–Crippen LogP) is 1.83. The van der Waals surface area contributed by atoms with Gasteiger partial charge in [-0.25, -0.2) is 0 Å². The Kier molecular flexibility index (Phi) is 5.09. The summed E-state index contributed by atoms with van der Waals surface area (Å²) in [7, 11) is -0.257. The Hall–Kier alpha value is 0.864. The average molecular weight is 272 g/mol. The normalized spacial score (nSPS) is 12.8. The van der Waals surface area contributed by atoms with Crippen LogP contribution in [0.4, 0.5) is 0 Å². The molecule has 0 spiro atoms. The van der Waals surface area contributed by atoms with Crippen LogP contribution in [0.2, 0.25) is 19.1 Å². The number of hydrogen-bond acceptors (Lipinski definition) is 1. The van der Waals surface area contributed by atoms with Gasteiger partial charge in [0.25, 0.3) is 0 Å². The SMILES string of the molecule is C=CC[SiH2]O[Si](C)(C)I. The van der Waals surface area contributed by atoms with Gasteiger partial charge in [-0.1, -0.05) is 27.9 Å². The van der Waals surface area contributed by atoms with Gasteiger partial charge in [0, 0.05) is 0 Å². The topological polar surface area (TPSA) is 9.23 Å². The molecule has 0 bridgehead atoms. The Balaban J connectivity index is 3.17. The Morgan fingerprint density at radius 1 is 1.78 bits per heavy atom. The summed E-state index contributed by atoms with van der Waals surface area (Å²) in [6.45, 7) is 8.07. The summed E-state index contributed by atoms with van der Waals surface area (Å²) in [6.07, 6.45) is 1.95. The van der Waals surface area contributed by atoms with Crippen LogP contribution in [0.15, 0.2) is 12.7 Å². The summed E-state index contributed by atoms with van der Waals surface area (Å²) in [4.78, 5) is 0. The van der Waals surface area contributed by atoms with E-state index < -0.39 is 5.81 Å². The maximum Gasteiger partial charge on any atom is 0.241 e. The quantitative estimate of drug-likeness (QED) is 0.249. The highest BCUT2D eigenvalue weighted by Crippen LogP contribution is 2.12. The molecule has 0 aromatic heterocycles. The highest BCUT2D eigenvalue weighted by atomic mass is 127. The molecule has 0 fully saturated rings. The molecular weight excluding hydrogens is 259 g/mol. The molecule has 0 saturated heterocycles. The van der Waals surface area contributed by atoms with E-state index in [0.29, 0.717) is 0 Å². The molecular formula is C5H13IOSi2. The Bertz CT molecular complexity index is 89.4. The highest BCUT2D eigenvalue weighted by Gasteiger charge is 2.14. The number of hydrogen-bond donors (Lipinski definition) is 0. The smallest absolute Gasteiger partial charge is 0.241 e. The zero-order valence-corrected chi connectivity index (χ0v) is 10.6. The predicted molar refractivity (Wildman–Crippen MR) is 56.1 cm³/mol. The molecule has 0 aromatic rings. The van der Waals surface area contributed by atoms with Crippen LogP contribution in [-0.4, -0.2) is 15.6 Å². The number of allylic oxidation sites excluding steroid dienone is 1. The maximum absolute atomic E-state index is 5.66. The first kappa shape index (κ1) is 9.86. The fraction of sp³-hybridized carbons (Fsp3) is 0.600. The van der Waals surface area contributed by atoms with E-state index in [1.807, 2.05) is 6.08 Å². The molecule has 0 aliphatic heterocycles. The molecule has 0 rings (SSSR count). The first-order valence-electron chi connectivity index (χ1n) is 3.00. The monoisotopic (exact) mass is 272 g/mol. The minimum absolute atomic E-state index is 0.257. The molecule has 0 aromatic carbocycles. The minimum atomic E-state index is -1.21. The standard InChI is InChI=1S/C5H13IOSi2/c1-4-5-8-7-9(2,3)6/h4H,1,5,8H2,2-3H3. The summed E-state index contributed by atoms with van der Waals surface area (Å²) in [5.74, 6) is -1.21. The zero-order valence-electron chi connectivity index (χ0n) is 5.98. The van der Waals surface area contributed by atoms with Crippen molar-refractivity contribution >= 4 is 37.4 Å². The van der Waals surface area contributed by atoms with Crippen molar-refractivity contribution in [3.05, 3.63) is 12.7 Å². The second-order valence-corrected chi connectivity index (χ2v) is 14.9. The van der Waals surface area contributed by atoms with Gasteiger partial charge in [-0.2, -0.15) is 0 Å². The van der Waals surface area contributed by atoms with E-state index in [9.17, 15) is 0 Å². The largest absolute Gasteiger partial charge is 0.453 e. The van der Waals surface area contributed by atoms with Crippen LogP contribution in [0.3, 0.4) is 0 Å². The molecule has 4 heteroatoms. The zero-order chi connectivity index (χ0) is 7.33. The summed E-state index contributed by atoms with van der Waals surface area (Å²) in [5.41, 5.74) is 0. The van der Waals surface area contributed by atoms with Crippen LogP contribution in [0, 0.1) is 0 Å². The van der Waals surface area contributed by atoms with Crippen LogP contribution in [-0.2, 0) is 4.12 Å².